The lowest BCUT2D eigenvalue weighted by Crippen LogP contribution is -2.39. The van der Waals surface area contributed by atoms with Crippen LogP contribution in [0.15, 0.2) is 0 Å². The number of nitrogens with one attached hydrogen (secondary N) is 1. The SMILES string of the molecule is CCCOCC(=O)NC(C)C(C)CCl. The fourth-order valence-corrected chi connectivity index (χ4v) is 1.15. The van der Waals surface area contributed by atoms with Gasteiger partial charge in [-0.1, -0.05) is 13.8 Å². The van der Waals surface area contributed by atoms with Crippen LogP contribution in [0.2, 0.25) is 0 Å². The van der Waals surface area contributed by atoms with Crippen molar-refractivity contribution in [1.29, 1.82) is 0 Å². The summed E-state index contributed by atoms with van der Waals surface area (Å²) in [6, 6.07) is 0.102. The molecule has 0 radical (unpaired) electrons. The second-order valence-electron chi connectivity index (χ2n) is 3.54. The Balaban J connectivity index is 3.60. The molecular formula is C10H20ClNO2. The van der Waals surface area contributed by atoms with Gasteiger partial charge in [0, 0.05) is 18.5 Å². The smallest absolute Gasteiger partial charge is 0.246 e. The average Bonchev–Trinajstić information content (AvgIpc) is 2.16. The number of hydrogen-bond donors (Lipinski definition) is 1. The van der Waals surface area contributed by atoms with Gasteiger partial charge in [-0.2, -0.15) is 0 Å². The molecule has 0 saturated heterocycles. The van der Waals surface area contributed by atoms with Crippen LogP contribution in [-0.4, -0.2) is 31.0 Å². The van der Waals surface area contributed by atoms with Gasteiger partial charge >= 0.3 is 0 Å². The van der Waals surface area contributed by atoms with E-state index in [0.717, 1.165) is 6.42 Å². The van der Waals surface area contributed by atoms with E-state index < -0.39 is 0 Å². The lowest BCUT2D eigenvalue weighted by Gasteiger charge is -2.18. The third-order valence-electron chi connectivity index (χ3n) is 2.07. The molecule has 0 saturated carbocycles. The lowest BCUT2D eigenvalue weighted by molar-refractivity contribution is -0.126. The van der Waals surface area contributed by atoms with Crippen LogP contribution in [0, 0.1) is 5.92 Å². The molecular weight excluding hydrogens is 202 g/mol. The Labute approximate surface area is 91.2 Å². The molecule has 2 atom stereocenters. The number of hydrogen-bond acceptors (Lipinski definition) is 2. The zero-order valence-electron chi connectivity index (χ0n) is 9.18. The van der Waals surface area contributed by atoms with Crippen LogP contribution in [0.3, 0.4) is 0 Å². The van der Waals surface area contributed by atoms with Crippen molar-refractivity contribution in [3.63, 3.8) is 0 Å². The Bertz CT molecular complexity index is 164. The Hall–Kier alpha value is -0.280. The van der Waals surface area contributed by atoms with Gasteiger partial charge in [0.2, 0.25) is 5.91 Å². The first-order valence-corrected chi connectivity index (χ1v) is 5.58. The molecule has 0 heterocycles. The number of halogens is 1. The molecule has 84 valence electrons. The number of amides is 1. The van der Waals surface area contributed by atoms with Crippen LogP contribution in [0.5, 0.6) is 0 Å². The molecule has 0 aliphatic carbocycles. The molecule has 0 rings (SSSR count). The highest BCUT2D eigenvalue weighted by Gasteiger charge is 2.13. The van der Waals surface area contributed by atoms with E-state index in [-0.39, 0.29) is 24.5 Å². The van der Waals surface area contributed by atoms with E-state index in [1.165, 1.54) is 0 Å². The number of ether oxygens (including phenoxy) is 1. The quantitative estimate of drug-likeness (QED) is 0.526. The average molecular weight is 222 g/mol. The highest BCUT2D eigenvalue weighted by atomic mass is 35.5. The summed E-state index contributed by atoms with van der Waals surface area (Å²) < 4.78 is 5.11. The van der Waals surface area contributed by atoms with Crippen LogP contribution in [-0.2, 0) is 9.53 Å². The van der Waals surface area contributed by atoms with E-state index in [2.05, 4.69) is 5.32 Å². The molecule has 0 spiro atoms. The van der Waals surface area contributed by atoms with Crippen molar-refractivity contribution in [2.75, 3.05) is 19.1 Å². The van der Waals surface area contributed by atoms with E-state index in [4.69, 9.17) is 16.3 Å². The summed E-state index contributed by atoms with van der Waals surface area (Å²) >= 11 is 5.67. The van der Waals surface area contributed by atoms with Crippen LogP contribution in [0.25, 0.3) is 0 Å². The number of alkyl halides is 1. The van der Waals surface area contributed by atoms with Crippen molar-refractivity contribution in [3.05, 3.63) is 0 Å². The summed E-state index contributed by atoms with van der Waals surface area (Å²) in [5, 5.41) is 2.84. The summed E-state index contributed by atoms with van der Waals surface area (Å²) in [6.07, 6.45) is 0.931. The Morgan fingerprint density at radius 3 is 2.64 bits per heavy atom. The van der Waals surface area contributed by atoms with Crippen molar-refractivity contribution >= 4 is 17.5 Å². The third-order valence-corrected chi connectivity index (χ3v) is 2.55. The molecule has 1 N–H and O–H groups in total. The van der Waals surface area contributed by atoms with Gasteiger partial charge in [0.25, 0.3) is 0 Å². The first-order valence-electron chi connectivity index (χ1n) is 5.04. The second-order valence-corrected chi connectivity index (χ2v) is 3.85. The van der Waals surface area contributed by atoms with Gasteiger partial charge in [-0.25, -0.2) is 0 Å². The first kappa shape index (κ1) is 13.7. The van der Waals surface area contributed by atoms with Crippen molar-refractivity contribution in [2.24, 2.45) is 5.92 Å². The highest BCUT2D eigenvalue weighted by Crippen LogP contribution is 2.03. The zero-order valence-corrected chi connectivity index (χ0v) is 9.93. The van der Waals surface area contributed by atoms with Crippen molar-refractivity contribution in [2.45, 2.75) is 33.2 Å². The minimum atomic E-state index is -0.0667. The molecule has 2 unspecified atom stereocenters. The molecule has 0 aliphatic heterocycles. The largest absolute Gasteiger partial charge is 0.372 e. The predicted molar refractivity (Wildman–Crippen MR) is 58.6 cm³/mol. The third kappa shape index (κ3) is 6.22. The monoisotopic (exact) mass is 221 g/mol. The van der Waals surface area contributed by atoms with Gasteiger partial charge in [0.15, 0.2) is 0 Å². The summed E-state index contributed by atoms with van der Waals surface area (Å²) in [5.74, 6) is 0.770. The molecule has 0 aromatic rings. The van der Waals surface area contributed by atoms with E-state index in [9.17, 15) is 4.79 Å². The van der Waals surface area contributed by atoms with Gasteiger partial charge in [-0.05, 0) is 19.3 Å². The van der Waals surface area contributed by atoms with Crippen molar-refractivity contribution < 1.29 is 9.53 Å². The topological polar surface area (TPSA) is 38.3 Å². The van der Waals surface area contributed by atoms with Gasteiger partial charge in [-0.15, -0.1) is 11.6 Å². The van der Waals surface area contributed by atoms with E-state index in [1.54, 1.807) is 0 Å². The van der Waals surface area contributed by atoms with E-state index in [0.29, 0.717) is 12.5 Å². The first-order chi connectivity index (χ1) is 6.61. The van der Waals surface area contributed by atoms with Gasteiger partial charge in [-0.3, -0.25) is 4.79 Å². The van der Waals surface area contributed by atoms with Crippen molar-refractivity contribution in [3.8, 4) is 0 Å². The fourth-order valence-electron chi connectivity index (χ4n) is 0.881. The minimum absolute atomic E-state index is 0.0667. The number of carbonyl (C=O) groups is 1. The second kappa shape index (κ2) is 8.06. The number of carbonyl (C=O) groups excluding carboxylic acids is 1. The molecule has 3 nitrogen and oxygen atoms in total. The molecule has 0 aromatic heterocycles. The van der Waals surface area contributed by atoms with Gasteiger partial charge < -0.3 is 10.1 Å². The molecule has 0 aliphatic rings. The summed E-state index contributed by atoms with van der Waals surface area (Å²) in [4.78, 5) is 11.3. The highest BCUT2D eigenvalue weighted by molar-refractivity contribution is 6.18. The summed E-state index contributed by atoms with van der Waals surface area (Å²) in [6.45, 7) is 6.74. The maximum Gasteiger partial charge on any atom is 0.246 e. The Kier molecular flexibility index (Phi) is 7.90. The lowest BCUT2D eigenvalue weighted by atomic mass is 10.1. The summed E-state index contributed by atoms with van der Waals surface area (Å²) in [5.41, 5.74) is 0. The van der Waals surface area contributed by atoms with Crippen LogP contribution >= 0.6 is 11.6 Å². The van der Waals surface area contributed by atoms with Crippen molar-refractivity contribution in [1.82, 2.24) is 5.32 Å². The standard InChI is InChI=1S/C10H20ClNO2/c1-4-5-14-7-10(13)12-9(3)8(2)6-11/h8-9H,4-7H2,1-3H3,(H,12,13). The fraction of sp³-hybridized carbons (Fsp3) is 0.900. The van der Waals surface area contributed by atoms with Gasteiger partial charge in [0.1, 0.15) is 6.61 Å². The van der Waals surface area contributed by atoms with E-state index in [1.807, 2.05) is 20.8 Å². The normalized spacial score (nSPS) is 14.9. The van der Waals surface area contributed by atoms with E-state index >= 15 is 0 Å². The molecule has 14 heavy (non-hydrogen) atoms. The molecule has 0 fully saturated rings. The maximum absolute atomic E-state index is 11.3. The number of rotatable bonds is 7. The minimum Gasteiger partial charge on any atom is -0.372 e. The Morgan fingerprint density at radius 2 is 2.14 bits per heavy atom. The Morgan fingerprint density at radius 1 is 1.50 bits per heavy atom. The van der Waals surface area contributed by atoms with Crippen LogP contribution in [0.1, 0.15) is 27.2 Å². The predicted octanol–water partition coefficient (Wildman–Crippen LogP) is 1.79. The maximum atomic E-state index is 11.3. The van der Waals surface area contributed by atoms with Crippen LogP contribution in [0.4, 0.5) is 0 Å². The molecule has 0 bridgehead atoms. The molecule has 0 aromatic carbocycles. The van der Waals surface area contributed by atoms with Crippen LogP contribution < -0.4 is 5.32 Å². The summed E-state index contributed by atoms with van der Waals surface area (Å²) in [7, 11) is 0. The molecule has 4 heteroatoms. The zero-order chi connectivity index (χ0) is 11.0. The van der Waals surface area contributed by atoms with Gasteiger partial charge in [0.05, 0.1) is 0 Å². The molecule has 1 amide bonds.